The Morgan fingerprint density at radius 3 is 2.00 bits per heavy atom. The largest absolute Gasteiger partial charge is 0.352 e. The van der Waals surface area contributed by atoms with Crippen LogP contribution in [0.5, 0.6) is 0 Å². The first-order valence-corrected chi connectivity index (χ1v) is 13.8. The highest BCUT2D eigenvalue weighted by molar-refractivity contribution is 7.99. The topological polar surface area (TPSA) is 67.8 Å². The highest BCUT2D eigenvalue weighted by atomic mass is 32.2. The van der Waals surface area contributed by atoms with Crippen LogP contribution >= 0.6 is 11.8 Å². The van der Waals surface area contributed by atoms with Crippen molar-refractivity contribution >= 4 is 17.7 Å². The second kappa shape index (κ2) is 9.38. The Bertz CT molecular complexity index is 1160. The molecule has 6 heteroatoms. The minimum atomic E-state index is 0.0650. The number of thioether (sulfide) groups is 1. The number of aromatic nitrogens is 3. The van der Waals surface area contributed by atoms with Gasteiger partial charge >= 0.3 is 0 Å². The molecule has 4 aliphatic carbocycles. The van der Waals surface area contributed by atoms with Gasteiger partial charge in [-0.05, 0) is 68.6 Å². The van der Waals surface area contributed by atoms with Crippen LogP contribution < -0.4 is 5.32 Å². The van der Waals surface area contributed by atoms with Crippen LogP contribution in [-0.4, -0.2) is 32.9 Å². The monoisotopic (exact) mass is 484 g/mol. The van der Waals surface area contributed by atoms with Crippen LogP contribution in [0.4, 0.5) is 0 Å². The van der Waals surface area contributed by atoms with Gasteiger partial charge in [-0.15, -0.1) is 10.2 Å². The van der Waals surface area contributed by atoms with Gasteiger partial charge in [0.1, 0.15) is 11.4 Å². The van der Waals surface area contributed by atoms with Gasteiger partial charge in [0.2, 0.25) is 11.1 Å². The Kier molecular flexibility index (Phi) is 6.09. The van der Waals surface area contributed by atoms with Crippen molar-refractivity contribution in [2.24, 2.45) is 23.2 Å². The summed E-state index contributed by atoms with van der Waals surface area (Å²) in [5.74, 6) is 3.02. The zero-order chi connectivity index (χ0) is 23.8. The standard InChI is InChI=1S/C29H32N4OS/c1-19(29-15-20-12-21(16-29)14-22(13-20)17-29)30-25(34)18-35-28-31-26(23-8-4-2-5-9-23)27(32-33-28)24-10-6-3-7-11-24/h2-11,19-22H,12-18H2,1H3,(H,30,34)/t19-,20?,21?,22?,29?/m1/s1. The predicted molar refractivity (Wildman–Crippen MR) is 140 cm³/mol. The lowest BCUT2D eigenvalue weighted by Gasteiger charge is -2.59. The van der Waals surface area contributed by atoms with E-state index < -0.39 is 0 Å². The van der Waals surface area contributed by atoms with Gasteiger partial charge in [-0.2, -0.15) is 0 Å². The highest BCUT2D eigenvalue weighted by Crippen LogP contribution is 2.61. The van der Waals surface area contributed by atoms with Crippen molar-refractivity contribution in [3.05, 3.63) is 60.7 Å². The van der Waals surface area contributed by atoms with E-state index in [0.717, 1.165) is 40.3 Å². The first-order chi connectivity index (χ1) is 17.1. The van der Waals surface area contributed by atoms with Gasteiger partial charge in [0.25, 0.3) is 0 Å². The third-order valence-corrected chi connectivity index (χ3v) is 9.31. The van der Waals surface area contributed by atoms with Gasteiger partial charge in [-0.25, -0.2) is 4.98 Å². The molecule has 5 nitrogen and oxygen atoms in total. The molecule has 4 aliphatic rings. The Balaban J connectivity index is 1.15. The molecule has 2 aromatic carbocycles. The van der Waals surface area contributed by atoms with E-state index in [4.69, 9.17) is 4.98 Å². The number of nitrogens with zero attached hydrogens (tertiary/aromatic N) is 3. The number of amides is 1. The van der Waals surface area contributed by atoms with E-state index in [9.17, 15) is 4.79 Å². The van der Waals surface area contributed by atoms with E-state index in [-0.39, 0.29) is 11.9 Å². The molecule has 7 rings (SSSR count). The molecule has 1 N–H and O–H groups in total. The smallest absolute Gasteiger partial charge is 0.230 e. The maximum Gasteiger partial charge on any atom is 0.230 e. The fourth-order valence-electron chi connectivity index (χ4n) is 7.23. The molecule has 0 saturated heterocycles. The Hall–Kier alpha value is -2.73. The van der Waals surface area contributed by atoms with Gasteiger partial charge in [-0.1, -0.05) is 72.4 Å². The molecule has 0 spiro atoms. The van der Waals surface area contributed by atoms with E-state index in [1.54, 1.807) is 0 Å². The van der Waals surface area contributed by atoms with Crippen LogP contribution in [0.25, 0.3) is 22.5 Å². The fourth-order valence-corrected chi connectivity index (χ4v) is 7.83. The van der Waals surface area contributed by atoms with Gasteiger partial charge < -0.3 is 5.32 Å². The SMILES string of the molecule is C[C@@H](NC(=O)CSc1nnc(-c2ccccc2)c(-c2ccccc2)n1)C12CC3CC(CC(C3)C1)C2. The molecule has 4 fully saturated rings. The predicted octanol–water partition coefficient (Wildman–Crippen LogP) is 6.02. The van der Waals surface area contributed by atoms with Crippen LogP contribution in [0.3, 0.4) is 0 Å². The molecule has 4 saturated carbocycles. The summed E-state index contributed by atoms with van der Waals surface area (Å²) in [5.41, 5.74) is 3.82. The molecule has 1 atom stereocenters. The number of carbonyl (C=O) groups is 1. The van der Waals surface area contributed by atoms with E-state index in [1.165, 1.54) is 50.3 Å². The normalized spacial score (nSPS) is 27.5. The Morgan fingerprint density at radius 2 is 1.43 bits per heavy atom. The summed E-state index contributed by atoms with van der Waals surface area (Å²) in [6, 6.07) is 20.3. The molecule has 3 aromatic rings. The number of hydrogen-bond acceptors (Lipinski definition) is 5. The third-order valence-electron chi connectivity index (χ3n) is 8.48. The first-order valence-electron chi connectivity index (χ1n) is 12.9. The summed E-state index contributed by atoms with van der Waals surface area (Å²) in [6.45, 7) is 2.23. The second-order valence-corrected chi connectivity index (χ2v) is 11.8. The van der Waals surface area contributed by atoms with Crippen molar-refractivity contribution in [1.29, 1.82) is 0 Å². The van der Waals surface area contributed by atoms with Crippen LogP contribution in [0.1, 0.15) is 45.4 Å². The molecule has 1 amide bonds. The molecule has 1 heterocycles. The fraction of sp³-hybridized carbons (Fsp3) is 0.448. The molecule has 180 valence electrons. The molecule has 35 heavy (non-hydrogen) atoms. The highest BCUT2D eigenvalue weighted by Gasteiger charge is 2.53. The molecular weight excluding hydrogens is 452 g/mol. The van der Waals surface area contributed by atoms with Crippen molar-refractivity contribution in [3.8, 4) is 22.5 Å². The number of nitrogens with one attached hydrogen (secondary N) is 1. The Labute approximate surface area is 211 Å². The van der Waals surface area contributed by atoms with Gasteiger partial charge in [0.15, 0.2) is 0 Å². The van der Waals surface area contributed by atoms with Crippen molar-refractivity contribution in [2.75, 3.05) is 5.75 Å². The quantitative estimate of drug-likeness (QED) is 0.416. The van der Waals surface area contributed by atoms with E-state index >= 15 is 0 Å². The average Bonchev–Trinajstić information content (AvgIpc) is 2.87. The Morgan fingerprint density at radius 1 is 0.886 bits per heavy atom. The second-order valence-electron chi connectivity index (χ2n) is 10.9. The molecule has 0 radical (unpaired) electrons. The van der Waals surface area contributed by atoms with Crippen molar-refractivity contribution in [3.63, 3.8) is 0 Å². The zero-order valence-corrected chi connectivity index (χ0v) is 21.0. The number of benzene rings is 2. The van der Waals surface area contributed by atoms with Gasteiger partial charge in [-0.3, -0.25) is 4.79 Å². The van der Waals surface area contributed by atoms with E-state index in [2.05, 4.69) is 22.4 Å². The summed E-state index contributed by atoms with van der Waals surface area (Å²) >= 11 is 1.36. The minimum Gasteiger partial charge on any atom is -0.352 e. The zero-order valence-electron chi connectivity index (χ0n) is 20.2. The lowest BCUT2D eigenvalue weighted by molar-refractivity contribution is -0.123. The number of hydrogen-bond donors (Lipinski definition) is 1. The maximum absolute atomic E-state index is 13.0. The molecule has 0 unspecified atom stereocenters. The summed E-state index contributed by atoms with van der Waals surface area (Å²) < 4.78 is 0. The number of carbonyl (C=O) groups excluding carboxylic acids is 1. The minimum absolute atomic E-state index is 0.0650. The van der Waals surface area contributed by atoms with Gasteiger partial charge in [0.05, 0.1) is 5.75 Å². The van der Waals surface area contributed by atoms with Crippen molar-refractivity contribution in [2.45, 2.75) is 56.6 Å². The molecule has 1 aromatic heterocycles. The van der Waals surface area contributed by atoms with Crippen LogP contribution in [0.15, 0.2) is 65.8 Å². The summed E-state index contributed by atoms with van der Waals surface area (Å²) in [5, 5.41) is 12.8. The summed E-state index contributed by atoms with van der Waals surface area (Å²) in [6.07, 6.45) is 8.14. The summed E-state index contributed by atoms with van der Waals surface area (Å²) in [7, 11) is 0. The van der Waals surface area contributed by atoms with Crippen LogP contribution in [-0.2, 0) is 4.79 Å². The maximum atomic E-state index is 13.0. The van der Waals surface area contributed by atoms with Crippen LogP contribution in [0, 0.1) is 23.2 Å². The summed E-state index contributed by atoms with van der Waals surface area (Å²) in [4.78, 5) is 17.8. The molecular formula is C29H32N4OS. The molecule has 0 aliphatic heterocycles. The van der Waals surface area contributed by atoms with E-state index in [1.807, 2.05) is 60.7 Å². The third kappa shape index (κ3) is 4.61. The van der Waals surface area contributed by atoms with Crippen molar-refractivity contribution in [1.82, 2.24) is 20.5 Å². The number of rotatable bonds is 7. The van der Waals surface area contributed by atoms with Crippen molar-refractivity contribution < 1.29 is 4.79 Å². The average molecular weight is 485 g/mol. The molecule has 4 bridgehead atoms. The lowest BCUT2D eigenvalue weighted by atomic mass is 9.48. The van der Waals surface area contributed by atoms with E-state index in [0.29, 0.717) is 16.3 Å². The van der Waals surface area contributed by atoms with Crippen LogP contribution in [0.2, 0.25) is 0 Å². The first kappa shape index (κ1) is 22.7. The lowest BCUT2D eigenvalue weighted by Crippen LogP contribution is -2.56. The van der Waals surface area contributed by atoms with Gasteiger partial charge in [0, 0.05) is 17.2 Å².